The molecule has 0 saturated carbocycles. The lowest BCUT2D eigenvalue weighted by atomic mass is 10.2. The molecule has 7 heteroatoms. The van der Waals surface area contributed by atoms with Crippen molar-refractivity contribution >= 4 is 17.5 Å². The van der Waals surface area contributed by atoms with E-state index in [9.17, 15) is 4.79 Å². The molecule has 0 radical (unpaired) electrons. The summed E-state index contributed by atoms with van der Waals surface area (Å²) in [5.41, 5.74) is 0.976. The lowest BCUT2D eigenvalue weighted by Crippen LogP contribution is -2.45. The Labute approximate surface area is 147 Å². The summed E-state index contributed by atoms with van der Waals surface area (Å²) in [6, 6.07) is 8.99. The van der Waals surface area contributed by atoms with E-state index in [1.807, 2.05) is 31.2 Å². The molecule has 2 aromatic rings. The molecule has 0 bridgehead atoms. The number of nitrogens with zero attached hydrogens (tertiary/aromatic N) is 4. The Morgan fingerprint density at radius 2 is 1.96 bits per heavy atom. The molecule has 25 heavy (non-hydrogen) atoms. The van der Waals surface area contributed by atoms with Gasteiger partial charge in [-0.2, -0.15) is 0 Å². The van der Waals surface area contributed by atoms with Crippen LogP contribution in [0.25, 0.3) is 0 Å². The third kappa shape index (κ3) is 4.24. The second-order valence-electron chi connectivity index (χ2n) is 5.92. The molecule has 1 amide bonds. The number of nitrogens with one attached hydrogen (secondary N) is 1. The third-order valence-electron chi connectivity index (χ3n) is 4.10. The average Bonchev–Trinajstić information content (AvgIpc) is 2.64. The zero-order valence-electron chi connectivity index (χ0n) is 14.6. The number of ether oxygens (including phenoxy) is 1. The van der Waals surface area contributed by atoms with Gasteiger partial charge in [0.15, 0.2) is 0 Å². The second-order valence-corrected chi connectivity index (χ2v) is 5.92. The summed E-state index contributed by atoms with van der Waals surface area (Å²) < 4.78 is 5.54. The summed E-state index contributed by atoms with van der Waals surface area (Å²) in [5.74, 6) is 0.968. The standard InChI is InChI=1S/C18H23N5O2/c1-3-25-16-7-5-4-6-14(16)20-17(24)15-8-9-19-18(21-15)23-12-10-22(2)11-13-23/h4-9H,3,10-13H2,1-2H3,(H,20,24). The number of benzene rings is 1. The van der Waals surface area contributed by atoms with Gasteiger partial charge in [0.1, 0.15) is 11.4 Å². The summed E-state index contributed by atoms with van der Waals surface area (Å²) in [6.07, 6.45) is 1.63. The number of carbonyl (C=O) groups excluding carboxylic acids is 1. The van der Waals surface area contributed by atoms with Gasteiger partial charge >= 0.3 is 0 Å². The summed E-state index contributed by atoms with van der Waals surface area (Å²) in [4.78, 5) is 25.7. The SMILES string of the molecule is CCOc1ccccc1NC(=O)c1ccnc(N2CCN(C)CC2)n1. The highest BCUT2D eigenvalue weighted by molar-refractivity contribution is 6.03. The number of piperazine rings is 1. The number of amides is 1. The van der Waals surface area contributed by atoms with E-state index < -0.39 is 0 Å². The lowest BCUT2D eigenvalue weighted by Gasteiger charge is -2.32. The van der Waals surface area contributed by atoms with Crippen molar-refractivity contribution in [3.05, 3.63) is 42.2 Å². The lowest BCUT2D eigenvalue weighted by molar-refractivity contribution is 0.102. The van der Waals surface area contributed by atoms with Crippen LogP contribution >= 0.6 is 0 Å². The normalized spacial score (nSPS) is 15.0. The van der Waals surface area contributed by atoms with Crippen LogP contribution in [0.5, 0.6) is 5.75 Å². The molecule has 7 nitrogen and oxygen atoms in total. The van der Waals surface area contributed by atoms with Gasteiger partial charge in [-0.15, -0.1) is 0 Å². The van der Waals surface area contributed by atoms with E-state index in [1.165, 1.54) is 0 Å². The zero-order chi connectivity index (χ0) is 17.6. The molecule has 1 aromatic carbocycles. The highest BCUT2D eigenvalue weighted by atomic mass is 16.5. The number of likely N-dealkylation sites (N-methyl/N-ethyl adjacent to an activating group) is 1. The van der Waals surface area contributed by atoms with E-state index in [0.29, 0.717) is 29.7 Å². The van der Waals surface area contributed by atoms with E-state index in [2.05, 4.69) is 32.1 Å². The van der Waals surface area contributed by atoms with Crippen LogP contribution in [-0.2, 0) is 0 Å². The molecular formula is C18H23N5O2. The van der Waals surface area contributed by atoms with Crippen LogP contribution in [0, 0.1) is 0 Å². The Hall–Kier alpha value is -2.67. The van der Waals surface area contributed by atoms with Gasteiger partial charge in [0.25, 0.3) is 5.91 Å². The molecule has 3 rings (SSSR count). The van der Waals surface area contributed by atoms with E-state index in [-0.39, 0.29) is 5.91 Å². The number of hydrogen-bond acceptors (Lipinski definition) is 6. The molecule has 1 aliphatic rings. The monoisotopic (exact) mass is 341 g/mol. The Morgan fingerprint density at radius 3 is 2.72 bits per heavy atom. The summed E-state index contributed by atoms with van der Waals surface area (Å²) in [5, 5.41) is 2.87. The van der Waals surface area contributed by atoms with Gasteiger partial charge in [-0.25, -0.2) is 9.97 Å². The van der Waals surface area contributed by atoms with Crippen molar-refractivity contribution in [3.63, 3.8) is 0 Å². The van der Waals surface area contributed by atoms with Crippen LogP contribution in [0.2, 0.25) is 0 Å². The first-order valence-electron chi connectivity index (χ1n) is 8.47. The molecular weight excluding hydrogens is 318 g/mol. The number of aromatic nitrogens is 2. The quantitative estimate of drug-likeness (QED) is 0.895. The van der Waals surface area contributed by atoms with Crippen LogP contribution in [0.3, 0.4) is 0 Å². The Kier molecular flexibility index (Phi) is 5.45. The summed E-state index contributed by atoms with van der Waals surface area (Å²) >= 11 is 0. The Balaban J connectivity index is 1.74. The van der Waals surface area contributed by atoms with E-state index in [0.717, 1.165) is 26.2 Å². The van der Waals surface area contributed by atoms with Gasteiger partial charge in [-0.1, -0.05) is 12.1 Å². The largest absolute Gasteiger partial charge is 0.492 e. The number of para-hydroxylation sites is 2. The van der Waals surface area contributed by atoms with Crippen molar-refractivity contribution in [1.29, 1.82) is 0 Å². The van der Waals surface area contributed by atoms with Crippen molar-refractivity contribution in [2.75, 3.05) is 50.1 Å². The summed E-state index contributed by atoms with van der Waals surface area (Å²) in [6.45, 7) is 6.08. The van der Waals surface area contributed by atoms with Gasteiger partial charge in [0.2, 0.25) is 5.95 Å². The maximum Gasteiger partial charge on any atom is 0.274 e. The van der Waals surface area contributed by atoms with Crippen molar-refractivity contribution in [1.82, 2.24) is 14.9 Å². The van der Waals surface area contributed by atoms with Crippen LogP contribution in [-0.4, -0.2) is 60.6 Å². The predicted octanol–water partition coefficient (Wildman–Crippen LogP) is 1.88. The van der Waals surface area contributed by atoms with Crippen molar-refractivity contribution in [2.24, 2.45) is 0 Å². The number of anilines is 2. The topological polar surface area (TPSA) is 70.6 Å². The van der Waals surface area contributed by atoms with Gasteiger partial charge in [0, 0.05) is 32.4 Å². The van der Waals surface area contributed by atoms with Crippen molar-refractivity contribution < 1.29 is 9.53 Å². The zero-order valence-corrected chi connectivity index (χ0v) is 14.6. The van der Waals surface area contributed by atoms with Crippen LogP contribution in [0.15, 0.2) is 36.5 Å². The van der Waals surface area contributed by atoms with Crippen LogP contribution < -0.4 is 15.0 Å². The minimum atomic E-state index is -0.273. The van der Waals surface area contributed by atoms with Crippen LogP contribution in [0.1, 0.15) is 17.4 Å². The Morgan fingerprint density at radius 1 is 1.20 bits per heavy atom. The smallest absolute Gasteiger partial charge is 0.274 e. The number of rotatable bonds is 5. The number of hydrogen-bond donors (Lipinski definition) is 1. The van der Waals surface area contributed by atoms with E-state index >= 15 is 0 Å². The molecule has 1 saturated heterocycles. The van der Waals surface area contributed by atoms with E-state index in [1.54, 1.807) is 12.3 Å². The van der Waals surface area contributed by atoms with E-state index in [4.69, 9.17) is 4.74 Å². The molecule has 132 valence electrons. The molecule has 1 N–H and O–H groups in total. The van der Waals surface area contributed by atoms with Gasteiger partial charge < -0.3 is 19.9 Å². The molecule has 0 aliphatic carbocycles. The first-order valence-corrected chi connectivity index (χ1v) is 8.47. The maximum absolute atomic E-state index is 12.6. The van der Waals surface area contributed by atoms with Crippen molar-refractivity contribution in [3.8, 4) is 5.75 Å². The molecule has 0 atom stereocenters. The molecule has 1 aliphatic heterocycles. The third-order valence-corrected chi connectivity index (χ3v) is 4.10. The molecule has 2 heterocycles. The highest BCUT2D eigenvalue weighted by Gasteiger charge is 2.18. The van der Waals surface area contributed by atoms with Gasteiger partial charge in [0.05, 0.1) is 12.3 Å². The predicted molar refractivity (Wildman–Crippen MR) is 97.3 cm³/mol. The molecule has 0 unspecified atom stereocenters. The van der Waals surface area contributed by atoms with Gasteiger partial charge in [-0.05, 0) is 32.2 Å². The fourth-order valence-electron chi connectivity index (χ4n) is 2.67. The van der Waals surface area contributed by atoms with Crippen LogP contribution in [0.4, 0.5) is 11.6 Å². The van der Waals surface area contributed by atoms with Gasteiger partial charge in [-0.3, -0.25) is 4.79 Å². The number of carbonyl (C=O) groups is 1. The molecule has 0 spiro atoms. The Bertz CT molecular complexity index is 729. The average molecular weight is 341 g/mol. The fourth-order valence-corrected chi connectivity index (χ4v) is 2.67. The first kappa shape index (κ1) is 17.2. The fraction of sp³-hybridized carbons (Fsp3) is 0.389. The highest BCUT2D eigenvalue weighted by Crippen LogP contribution is 2.24. The molecule has 1 fully saturated rings. The maximum atomic E-state index is 12.6. The minimum absolute atomic E-state index is 0.273. The second kappa shape index (κ2) is 7.94. The first-order chi connectivity index (χ1) is 12.2. The van der Waals surface area contributed by atoms with Crippen molar-refractivity contribution in [2.45, 2.75) is 6.92 Å². The molecule has 1 aromatic heterocycles. The minimum Gasteiger partial charge on any atom is -0.492 e. The summed E-state index contributed by atoms with van der Waals surface area (Å²) in [7, 11) is 2.10.